The van der Waals surface area contributed by atoms with Gasteiger partial charge in [0.15, 0.2) is 0 Å². The Morgan fingerprint density at radius 2 is 2.05 bits per heavy atom. The summed E-state index contributed by atoms with van der Waals surface area (Å²) in [4.78, 5) is 14.0. The molecule has 0 radical (unpaired) electrons. The smallest absolute Gasteiger partial charge is 0.236 e. The van der Waals surface area contributed by atoms with Gasteiger partial charge in [-0.25, -0.2) is 0 Å². The Kier molecular flexibility index (Phi) is 4.97. The third kappa shape index (κ3) is 4.06. The Bertz CT molecular complexity index is 425. The molecule has 1 N–H and O–H groups in total. The number of piperidine rings is 1. The van der Waals surface area contributed by atoms with Crippen LogP contribution in [0.3, 0.4) is 0 Å². The molecule has 104 valence electrons. The molecule has 1 fully saturated rings. The number of amides is 1. The lowest BCUT2D eigenvalue weighted by Crippen LogP contribution is -2.41. The molecule has 0 saturated carbocycles. The Morgan fingerprint density at radius 3 is 2.74 bits per heavy atom. The van der Waals surface area contributed by atoms with Crippen LogP contribution >= 0.6 is 0 Å². The van der Waals surface area contributed by atoms with Crippen molar-refractivity contribution in [2.75, 3.05) is 19.6 Å². The summed E-state index contributed by atoms with van der Waals surface area (Å²) in [7, 11) is 0. The van der Waals surface area contributed by atoms with E-state index in [1.807, 2.05) is 4.90 Å². The maximum absolute atomic E-state index is 12.1. The van der Waals surface area contributed by atoms with Crippen LogP contribution in [-0.4, -0.2) is 30.4 Å². The van der Waals surface area contributed by atoms with Crippen LogP contribution in [0.2, 0.25) is 0 Å². The Labute approximate surface area is 116 Å². The van der Waals surface area contributed by atoms with E-state index in [-0.39, 0.29) is 11.9 Å². The summed E-state index contributed by atoms with van der Waals surface area (Å²) >= 11 is 0. The van der Waals surface area contributed by atoms with Crippen molar-refractivity contribution in [2.45, 2.75) is 39.2 Å². The van der Waals surface area contributed by atoms with Crippen LogP contribution < -0.4 is 5.32 Å². The summed E-state index contributed by atoms with van der Waals surface area (Å²) in [5.74, 6) is 0.235. The zero-order valence-electron chi connectivity index (χ0n) is 12.0. The van der Waals surface area contributed by atoms with Gasteiger partial charge in [-0.2, -0.15) is 0 Å². The maximum Gasteiger partial charge on any atom is 0.236 e. The van der Waals surface area contributed by atoms with Crippen molar-refractivity contribution in [3.05, 3.63) is 35.4 Å². The summed E-state index contributed by atoms with van der Waals surface area (Å²) in [5.41, 5.74) is 2.50. The van der Waals surface area contributed by atoms with Crippen LogP contribution in [0.4, 0.5) is 0 Å². The van der Waals surface area contributed by atoms with Crippen LogP contribution in [0.5, 0.6) is 0 Å². The lowest BCUT2D eigenvalue weighted by atomic mass is 10.1. The number of nitrogens with one attached hydrogen (secondary N) is 1. The largest absolute Gasteiger partial charge is 0.342 e. The van der Waals surface area contributed by atoms with Gasteiger partial charge in [0.25, 0.3) is 0 Å². The Morgan fingerprint density at radius 1 is 1.32 bits per heavy atom. The number of nitrogens with zero attached hydrogens (tertiary/aromatic N) is 1. The minimum atomic E-state index is 0.216. The van der Waals surface area contributed by atoms with Gasteiger partial charge in [-0.05, 0) is 38.7 Å². The molecule has 1 aromatic carbocycles. The summed E-state index contributed by atoms with van der Waals surface area (Å²) < 4.78 is 0. The Balaban J connectivity index is 1.82. The first-order valence-corrected chi connectivity index (χ1v) is 7.24. The van der Waals surface area contributed by atoms with E-state index in [0.29, 0.717) is 6.54 Å². The zero-order chi connectivity index (χ0) is 13.7. The Hall–Kier alpha value is -1.35. The quantitative estimate of drug-likeness (QED) is 0.902. The summed E-state index contributed by atoms with van der Waals surface area (Å²) in [6.45, 7) is 6.50. The van der Waals surface area contributed by atoms with Crippen molar-refractivity contribution in [1.82, 2.24) is 10.2 Å². The second-order valence-electron chi connectivity index (χ2n) is 5.46. The number of carbonyl (C=O) groups excluding carboxylic acids is 1. The van der Waals surface area contributed by atoms with Crippen molar-refractivity contribution in [3.8, 4) is 0 Å². The summed E-state index contributed by atoms with van der Waals surface area (Å²) in [6, 6.07) is 8.65. The van der Waals surface area contributed by atoms with Gasteiger partial charge in [-0.1, -0.05) is 29.8 Å². The van der Waals surface area contributed by atoms with Gasteiger partial charge >= 0.3 is 0 Å². The number of rotatable bonds is 4. The maximum atomic E-state index is 12.1. The van der Waals surface area contributed by atoms with E-state index in [1.54, 1.807) is 0 Å². The van der Waals surface area contributed by atoms with Crippen LogP contribution in [0.25, 0.3) is 0 Å². The van der Waals surface area contributed by atoms with Gasteiger partial charge in [0.05, 0.1) is 6.54 Å². The van der Waals surface area contributed by atoms with Gasteiger partial charge in [0, 0.05) is 19.1 Å². The van der Waals surface area contributed by atoms with Crippen LogP contribution in [0.1, 0.15) is 43.4 Å². The fourth-order valence-corrected chi connectivity index (χ4v) is 2.55. The van der Waals surface area contributed by atoms with E-state index in [4.69, 9.17) is 0 Å². The first kappa shape index (κ1) is 14.1. The fraction of sp³-hybridized carbons (Fsp3) is 0.562. The molecular weight excluding hydrogens is 236 g/mol. The predicted octanol–water partition coefficient (Wildman–Crippen LogP) is 2.66. The summed E-state index contributed by atoms with van der Waals surface area (Å²) in [6.07, 6.45) is 3.56. The van der Waals surface area contributed by atoms with E-state index in [1.165, 1.54) is 17.5 Å². The second kappa shape index (κ2) is 6.71. The molecule has 1 aromatic rings. The molecule has 0 spiro atoms. The lowest BCUT2D eigenvalue weighted by Gasteiger charge is -2.27. The van der Waals surface area contributed by atoms with Gasteiger partial charge in [0.2, 0.25) is 5.91 Å². The van der Waals surface area contributed by atoms with Gasteiger partial charge < -0.3 is 10.2 Å². The SMILES string of the molecule is Cc1cccc([C@H](C)NCC(=O)N2CCCCC2)c1. The molecule has 1 heterocycles. The van der Waals surface area contributed by atoms with Crippen molar-refractivity contribution < 1.29 is 4.79 Å². The highest BCUT2D eigenvalue weighted by molar-refractivity contribution is 5.78. The van der Waals surface area contributed by atoms with E-state index in [2.05, 4.69) is 43.4 Å². The molecule has 0 bridgehead atoms. The van der Waals surface area contributed by atoms with E-state index >= 15 is 0 Å². The number of carbonyl (C=O) groups is 1. The fourth-order valence-electron chi connectivity index (χ4n) is 2.55. The number of hydrogen-bond donors (Lipinski definition) is 1. The molecule has 2 rings (SSSR count). The van der Waals surface area contributed by atoms with Crippen LogP contribution in [-0.2, 0) is 4.79 Å². The summed E-state index contributed by atoms with van der Waals surface area (Å²) in [5, 5.41) is 3.33. The molecule has 0 unspecified atom stereocenters. The minimum absolute atomic E-state index is 0.216. The molecule has 1 saturated heterocycles. The first-order chi connectivity index (χ1) is 9.16. The van der Waals surface area contributed by atoms with Crippen molar-refractivity contribution in [3.63, 3.8) is 0 Å². The molecule has 1 aliphatic heterocycles. The molecular formula is C16H24N2O. The predicted molar refractivity (Wildman–Crippen MR) is 78.0 cm³/mol. The second-order valence-corrected chi connectivity index (χ2v) is 5.46. The number of aryl methyl sites for hydroxylation is 1. The number of hydrogen-bond acceptors (Lipinski definition) is 2. The van der Waals surface area contributed by atoms with Gasteiger partial charge in [-0.15, -0.1) is 0 Å². The van der Waals surface area contributed by atoms with Gasteiger partial charge in [0.1, 0.15) is 0 Å². The molecule has 1 amide bonds. The van der Waals surface area contributed by atoms with Crippen LogP contribution in [0.15, 0.2) is 24.3 Å². The third-order valence-electron chi connectivity index (χ3n) is 3.81. The molecule has 0 aromatic heterocycles. The number of benzene rings is 1. The molecule has 3 heteroatoms. The minimum Gasteiger partial charge on any atom is -0.342 e. The monoisotopic (exact) mass is 260 g/mol. The normalized spacial score (nSPS) is 17.3. The van der Waals surface area contributed by atoms with E-state index < -0.39 is 0 Å². The van der Waals surface area contributed by atoms with Gasteiger partial charge in [-0.3, -0.25) is 4.79 Å². The first-order valence-electron chi connectivity index (χ1n) is 7.24. The van der Waals surface area contributed by atoms with Crippen molar-refractivity contribution >= 4 is 5.91 Å². The highest BCUT2D eigenvalue weighted by Crippen LogP contribution is 2.14. The topological polar surface area (TPSA) is 32.3 Å². The highest BCUT2D eigenvalue weighted by atomic mass is 16.2. The molecule has 19 heavy (non-hydrogen) atoms. The average molecular weight is 260 g/mol. The molecule has 1 atom stereocenters. The van der Waals surface area contributed by atoms with E-state index in [0.717, 1.165) is 25.9 Å². The van der Waals surface area contributed by atoms with Crippen LogP contribution in [0, 0.1) is 6.92 Å². The average Bonchev–Trinajstić information content (AvgIpc) is 2.45. The molecule has 3 nitrogen and oxygen atoms in total. The van der Waals surface area contributed by atoms with Crippen molar-refractivity contribution in [2.24, 2.45) is 0 Å². The zero-order valence-corrected chi connectivity index (χ0v) is 12.0. The standard InChI is InChI=1S/C16H24N2O/c1-13-7-6-8-15(11-13)14(2)17-12-16(19)18-9-4-3-5-10-18/h6-8,11,14,17H,3-5,9-10,12H2,1-2H3/t14-/m0/s1. The van der Waals surface area contributed by atoms with E-state index in [9.17, 15) is 4.79 Å². The lowest BCUT2D eigenvalue weighted by molar-refractivity contribution is -0.131. The number of likely N-dealkylation sites (tertiary alicyclic amines) is 1. The van der Waals surface area contributed by atoms with Crippen molar-refractivity contribution in [1.29, 1.82) is 0 Å². The molecule has 0 aliphatic carbocycles. The third-order valence-corrected chi connectivity index (χ3v) is 3.81. The molecule has 1 aliphatic rings. The highest BCUT2D eigenvalue weighted by Gasteiger charge is 2.16.